The molecular weight excluding hydrogens is 467 g/mol. The van der Waals surface area contributed by atoms with Crippen molar-refractivity contribution in [3.8, 4) is 17.2 Å². The van der Waals surface area contributed by atoms with Crippen LogP contribution in [0.4, 0.5) is 0 Å². The van der Waals surface area contributed by atoms with Crippen LogP contribution in [0.1, 0.15) is 27.6 Å². The van der Waals surface area contributed by atoms with Gasteiger partial charge in [0.2, 0.25) is 0 Å². The number of aromatic hydroxyl groups is 1. The number of ketones is 1. The number of fused-ring (bicyclic) bond motifs is 1. The predicted octanol–water partition coefficient (Wildman–Crippen LogP) is 5.41. The fourth-order valence-corrected chi connectivity index (χ4v) is 3.53. The van der Waals surface area contributed by atoms with E-state index in [1.54, 1.807) is 13.2 Å². The van der Waals surface area contributed by atoms with Crippen LogP contribution in [0.15, 0.2) is 72.3 Å². The quantitative estimate of drug-likeness (QED) is 0.400. The first kappa shape index (κ1) is 18.6. The highest BCUT2D eigenvalue weighted by Gasteiger charge is 2.33. The fraction of sp³-hybridized carbons (Fsp3) is 0.0870. The van der Waals surface area contributed by atoms with E-state index >= 15 is 0 Å². The van der Waals surface area contributed by atoms with Crippen LogP contribution >= 0.6 is 22.6 Å². The van der Waals surface area contributed by atoms with E-state index in [1.165, 1.54) is 12.1 Å². The summed E-state index contributed by atoms with van der Waals surface area (Å²) < 4.78 is 12.5. The lowest BCUT2D eigenvalue weighted by atomic mass is 9.89. The topological polar surface area (TPSA) is 55.8 Å². The van der Waals surface area contributed by atoms with Crippen molar-refractivity contribution in [2.24, 2.45) is 0 Å². The van der Waals surface area contributed by atoms with Crippen molar-refractivity contribution >= 4 is 34.5 Å². The minimum Gasteiger partial charge on any atom is -0.508 e. The third-order valence-electron chi connectivity index (χ3n) is 4.61. The third kappa shape index (κ3) is 3.62. The second-order valence-electron chi connectivity index (χ2n) is 6.43. The number of carbonyl (C=O) groups excluding carboxylic acids is 1. The zero-order chi connectivity index (χ0) is 19.7. The van der Waals surface area contributed by atoms with Gasteiger partial charge in [0.25, 0.3) is 0 Å². The molecule has 0 amide bonds. The van der Waals surface area contributed by atoms with Crippen molar-refractivity contribution in [2.45, 2.75) is 6.10 Å². The van der Waals surface area contributed by atoms with E-state index in [1.807, 2.05) is 54.6 Å². The van der Waals surface area contributed by atoms with Gasteiger partial charge in [0, 0.05) is 9.14 Å². The molecule has 4 rings (SSSR count). The monoisotopic (exact) mass is 484 g/mol. The number of hydrogen-bond donors (Lipinski definition) is 1. The maximum atomic E-state index is 13.3. The Kier molecular flexibility index (Phi) is 5.09. The van der Waals surface area contributed by atoms with Gasteiger partial charge in [-0.25, -0.2) is 0 Å². The summed E-state index contributed by atoms with van der Waals surface area (Å²) >= 11 is 2.24. The van der Waals surface area contributed by atoms with Crippen molar-refractivity contribution in [2.75, 3.05) is 7.11 Å². The largest absolute Gasteiger partial charge is 0.508 e. The Morgan fingerprint density at radius 3 is 2.43 bits per heavy atom. The van der Waals surface area contributed by atoms with Gasteiger partial charge >= 0.3 is 0 Å². The average molecular weight is 484 g/mol. The predicted molar refractivity (Wildman–Crippen MR) is 116 cm³/mol. The minimum absolute atomic E-state index is 0.0345. The van der Waals surface area contributed by atoms with E-state index in [9.17, 15) is 9.90 Å². The number of rotatable bonds is 3. The van der Waals surface area contributed by atoms with E-state index in [2.05, 4.69) is 22.6 Å². The van der Waals surface area contributed by atoms with Gasteiger partial charge in [0.15, 0.2) is 11.9 Å². The second-order valence-corrected chi connectivity index (χ2v) is 7.68. The zero-order valence-electron chi connectivity index (χ0n) is 15.1. The number of ether oxygens (including phenoxy) is 2. The van der Waals surface area contributed by atoms with Crippen LogP contribution in [0, 0.1) is 3.57 Å². The maximum absolute atomic E-state index is 13.3. The fourth-order valence-electron chi connectivity index (χ4n) is 3.17. The smallest absolute Gasteiger partial charge is 0.196 e. The molecule has 0 aromatic heterocycles. The molecule has 5 heteroatoms. The van der Waals surface area contributed by atoms with Gasteiger partial charge in [-0.15, -0.1) is 0 Å². The molecule has 1 unspecified atom stereocenters. The number of phenolic OH excluding ortho intramolecular Hbond substituents is 1. The number of Topliss-reactive ketones (excluding diaryl/α,β-unsaturated/α-hetero) is 1. The molecule has 28 heavy (non-hydrogen) atoms. The first-order valence-corrected chi connectivity index (χ1v) is 9.78. The Balaban J connectivity index is 1.83. The van der Waals surface area contributed by atoms with Crippen LogP contribution in [0.25, 0.3) is 6.08 Å². The van der Waals surface area contributed by atoms with Gasteiger partial charge in [-0.3, -0.25) is 4.79 Å². The van der Waals surface area contributed by atoms with Crippen molar-refractivity contribution in [3.05, 3.63) is 92.6 Å². The minimum atomic E-state index is -0.524. The van der Waals surface area contributed by atoms with Crippen LogP contribution in [0.5, 0.6) is 17.2 Å². The molecule has 140 valence electrons. The lowest BCUT2D eigenvalue weighted by molar-refractivity contribution is 0.0963. The SMILES string of the molecule is COc1ccc(C=C2C(=O)c3cc(O)ccc3OC2c2ccc(I)cc2)cc1. The highest BCUT2D eigenvalue weighted by molar-refractivity contribution is 14.1. The molecule has 0 spiro atoms. The number of phenols is 1. The zero-order valence-corrected chi connectivity index (χ0v) is 17.2. The number of hydrogen-bond acceptors (Lipinski definition) is 4. The first-order chi connectivity index (χ1) is 13.5. The van der Waals surface area contributed by atoms with Crippen LogP contribution in [-0.4, -0.2) is 18.0 Å². The molecule has 0 saturated heterocycles. The number of benzene rings is 3. The molecule has 1 N–H and O–H groups in total. The van der Waals surface area contributed by atoms with Gasteiger partial charge in [0.1, 0.15) is 17.2 Å². The van der Waals surface area contributed by atoms with Crippen LogP contribution < -0.4 is 9.47 Å². The highest BCUT2D eigenvalue weighted by Crippen LogP contribution is 2.40. The molecule has 0 bridgehead atoms. The molecule has 1 aliphatic heterocycles. The van der Waals surface area contributed by atoms with E-state index in [0.29, 0.717) is 16.9 Å². The maximum Gasteiger partial charge on any atom is 0.196 e. The van der Waals surface area contributed by atoms with Crippen molar-refractivity contribution in [1.29, 1.82) is 0 Å². The van der Waals surface area contributed by atoms with Gasteiger partial charge in [-0.05, 0) is 82.3 Å². The summed E-state index contributed by atoms with van der Waals surface area (Å²) in [5.41, 5.74) is 2.64. The van der Waals surface area contributed by atoms with Crippen molar-refractivity contribution in [1.82, 2.24) is 0 Å². The van der Waals surface area contributed by atoms with Crippen molar-refractivity contribution < 1.29 is 19.4 Å². The molecule has 1 heterocycles. The Morgan fingerprint density at radius 1 is 1.04 bits per heavy atom. The standard InChI is InChI=1S/C23H17IO4/c1-27-18-9-2-14(3-10-18)12-20-22(26)19-13-17(25)8-11-21(19)28-23(20)15-4-6-16(24)7-5-15/h2-13,23,25H,1H3. The van der Waals surface area contributed by atoms with Gasteiger partial charge in [-0.2, -0.15) is 0 Å². The number of methoxy groups -OCH3 is 1. The van der Waals surface area contributed by atoms with Gasteiger partial charge in [-0.1, -0.05) is 24.3 Å². The highest BCUT2D eigenvalue weighted by atomic mass is 127. The Bertz CT molecular complexity index is 1050. The molecule has 3 aromatic rings. The van der Waals surface area contributed by atoms with Crippen molar-refractivity contribution in [3.63, 3.8) is 0 Å². The number of carbonyl (C=O) groups is 1. The summed E-state index contributed by atoms with van der Waals surface area (Å²) in [6, 6.07) is 20.0. The summed E-state index contributed by atoms with van der Waals surface area (Å²) in [4.78, 5) is 13.3. The summed E-state index contributed by atoms with van der Waals surface area (Å²) in [5.74, 6) is 1.10. The Hall–Kier alpha value is -2.80. The van der Waals surface area contributed by atoms with Gasteiger partial charge in [0.05, 0.1) is 12.7 Å². The molecule has 0 fully saturated rings. The molecule has 4 nitrogen and oxygen atoms in total. The number of halogens is 1. The summed E-state index contributed by atoms with van der Waals surface area (Å²) in [5, 5.41) is 9.81. The molecule has 0 saturated carbocycles. The summed E-state index contributed by atoms with van der Waals surface area (Å²) in [6.07, 6.45) is 1.31. The first-order valence-electron chi connectivity index (χ1n) is 8.70. The Morgan fingerprint density at radius 2 is 1.75 bits per heavy atom. The second kappa shape index (κ2) is 7.67. The molecule has 1 aliphatic rings. The lowest BCUT2D eigenvalue weighted by Gasteiger charge is -2.28. The van der Waals surface area contributed by atoms with E-state index in [-0.39, 0.29) is 11.5 Å². The Labute approximate surface area is 176 Å². The molecule has 1 atom stereocenters. The molecule has 0 aliphatic carbocycles. The molecule has 3 aromatic carbocycles. The normalized spacial score (nSPS) is 17.1. The molecule has 0 radical (unpaired) electrons. The van der Waals surface area contributed by atoms with Crippen LogP contribution in [0.2, 0.25) is 0 Å². The third-order valence-corrected chi connectivity index (χ3v) is 5.33. The lowest BCUT2D eigenvalue weighted by Crippen LogP contribution is -2.23. The van der Waals surface area contributed by atoms with E-state index < -0.39 is 6.10 Å². The van der Waals surface area contributed by atoms with Gasteiger partial charge < -0.3 is 14.6 Å². The van der Waals surface area contributed by atoms with Crippen LogP contribution in [-0.2, 0) is 0 Å². The average Bonchev–Trinajstić information content (AvgIpc) is 2.71. The molecular formula is C23H17IO4. The summed E-state index contributed by atoms with van der Waals surface area (Å²) in [6.45, 7) is 0. The summed E-state index contributed by atoms with van der Waals surface area (Å²) in [7, 11) is 1.61. The van der Waals surface area contributed by atoms with E-state index in [0.717, 1.165) is 20.4 Å². The van der Waals surface area contributed by atoms with E-state index in [4.69, 9.17) is 9.47 Å². The van der Waals surface area contributed by atoms with Crippen LogP contribution in [0.3, 0.4) is 0 Å².